The topological polar surface area (TPSA) is 103 Å². The first-order chi connectivity index (χ1) is 15.2. The van der Waals surface area contributed by atoms with E-state index in [4.69, 9.17) is 9.47 Å². The number of carbonyl (C=O) groups is 1. The Kier molecular flexibility index (Phi) is 5.19. The van der Waals surface area contributed by atoms with Crippen molar-refractivity contribution in [1.29, 1.82) is 0 Å². The van der Waals surface area contributed by atoms with Gasteiger partial charge in [0.15, 0.2) is 17.3 Å². The Bertz CT molecular complexity index is 1160. The average molecular weight is 424 g/mol. The van der Waals surface area contributed by atoms with E-state index in [1.54, 1.807) is 12.4 Å². The van der Waals surface area contributed by atoms with Crippen molar-refractivity contribution in [3.05, 3.63) is 46.6 Å². The van der Waals surface area contributed by atoms with Gasteiger partial charge >= 0.3 is 5.69 Å². The monoisotopic (exact) mass is 424 g/mol. The minimum Gasteiger partial charge on any atom is -0.454 e. The van der Waals surface area contributed by atoms with Crippen LogP contribution in [-0.2, 0) is 17.9 Å². The highest BCUT2D eigenvalue weighted by atomic mass is 16.7. The number of anilines is 1. The van der Waals surface area contributed by atoms with Gasteiger partial charge in [-0.25, -0.2) is 18.9 Å². The summed E-state index contributed by atoms with van der Waals surface area (Å²) in [5.74, 6) is 1.76. The van der Waals surface area contributed by atoms with Crippen LogP contribution < -0.4 is 25.4 Å². The number of nitrogens with zero attached hydrogens (tertiary/aromatic N) is 5. The summed E-state index contributed by atoms with van der Waals surface area (Å²) in [6, 6.07) is 5.51. The number of nitrogens with one attached hydrogen (secondary N) is 1. The van der Waals surface area contributed by atoms with E-state index in [9.17, 15) is 9.59 Å². The van der Waals surface area contributed by atoms with Gasteiger partial charge in [0.1, 0.15) is 6.54 Å². The molecule has 2 aromatic heterocycles. The Morgan fingerprint density at radius 3 is 2.74 bits per heavy atom. The summed E-state index contributed by atoms with van der Waals surface area (Å²) in [7, 11) is 0. The molecule has 1 N–H and O–H groups in total. The van der Waals surface area contributed by atoms with E-state index >= 15 is 0 Å². The molecule has 4 heterocycles. The summed E-state index contributed by atoms with van der Waals surface area (Å²) >= 11 is 0. The highest BCUT2D eigenvalue weighted by molar-refractivity contribution is 5.75. The molecule has 10 heteroatoms. The fourth-order valence-electron chi connectivity index (χ4n) is 3.99. The molecule has 0 unspecified atom stereocenters. The van der Waals surface area contributed by atoms with Crippen molar-refractivity contribution in [2.75, 3.05) is 24.8 Å². The molecule has 0 aliphatic carbocycles. The van der Waals surface area contributed by atoms with Crippen molar-refractivity contribution in [3.8, 4) is 11.5 Å². The average Bonchev–Trinajstić information content (AvgIpc) is 3.26. The summed E-state index contributed by atoms with van der Waals surface area (Å²) in [5, 5.41) is 7.25. The van der Waals surface area contributed by atoms with Crippen molar-refractivity contribution in [2.24, 2.45) is 0 Å². The van der Waals surface area contributed by atoms with E-state index in [1.165, 1.54) is 21.9 Å². The first-order valence-electron chi connectivity index (χ1n) is 10.5. The Morgan fingerprint density at radius 2 is 1.90 bits per heavy atom. The summed E-state index contributed by atoms with van der Waals surface area (Å²) in [5.41, 5.74) is 1.01. The zero-order valence-corrected chi connectivity index (χ0v) is 17.1. The largest absolute Gasteiger partial charge is 0.454 e. The van der Waals surface area contributed by atoms with Gasteiger partial charge in [0.25, 0.3) is 0 Å². The molecule has 31 heavy (non-hydrogen) atoms. The maximum atomic E-state index is 12.8. The molecule has 1 amide bonds. The number of benzene rings is 1. The second-order valence-corrected chi connectivity index (χ2v) is 7.75. The van der Waals surface area contributed by atoms with E-state index in [0.717, 1.165) is 31.5 Å². The standard InChI is InChI=1S/C21H24N6O4/c28-18(23-12-15-5-6-16-17(11-15)31-14-30-16)13-27-21(29)26-10-7-22-19(20(26)24-27)25-8-3-1-2-4-9-25/h5-7,10-11H,1-4,8-9,12-14H2,(H,23,28). The van der Waals surface area contributed by atoms with E-state index < -0.39 is 0 Å². The van der Waals surface area contributed by atoms with Crippen LogP contribution in [0.3, 0.4) is 0 Å². The molecular weight excluding hydrogens is 400 g/mol. The molecule has 0 atom stereocenters. The van der Waals surface area contributed by atoms with Gasteiger partial charge in [0, 0.05) is 32.0 Å². The third kappa shape index (κ3) is 3.92. The number of hydrogen-bond acceptors (Lipinski definition) is 7. The summed E-state index contributed by atoms with van der Waals surface area (Å²) < 4.78 is 13.3. The van der Waals surface area contributed by atoms with E-state index in [1.807, 2.05) is 18.2 Å². The third-order valence-corrected chi connectivity index (χ3v) is 5.61. The van der Waals surface area contributed by atoms with Crippen LogP contribution in [0.25, 0.3) is 5.65 Å². The minimum absolute atomic E-state index is 0.162. The number of carbonyl (C=O) groups excluding carboxylic acids is 1. The molecule has 0 spiro atoms. The molecule has 5 rings (SSSR count). The van der Waals surface area contributed by atoms with E-state index in [0.29, 0.717) is 29.5 Å². The molecule has 1 fully saturated rings. The fourth-order valence-corrected chi connectivity index (χ4v) is 3.99. The predicted octanol–water partition coefficient (Wildman–Crippen LogP) is 1.32. The van der Waals surface area contributed by atoms with Crippen molar-refractivity contribution in [1.82, 2.24) is 24.5 Å². The van der Waals surface area contributed by atoms with Gasteiger partial charge in [-0.05, 0) is 30.5 Å². The normalized spacial score (nSPS) is 15.8. The van der Waals surface area contributed by atoms with Crippen LogP contribution in [0.5, 0.6) is 11.5 Å². The number of rotatable bonds is 5. The van der Waals surface area contributed by atoms with Crippen molar-refractivity contribution in [3.63, 3.8) is 0 Å². The highest BCUT2D eigenvalue weighted by Gasteiger charge is 2.19. The van der Waals surface area contributed by atoms with Gasteiger partial charge in [-0.2, -0.15) is 0 Å². The van der Waals surface area contributed by atoms with Gasteiger partial charge in [-0.3, -0.25) is 4.79 Å². The van der Waals surface area contributed by atoms with Gasteiger partial charge < -0.3 is 19.7 Å². The lowest BCUT2D eigenvalue weighted by atomic mass is 10.2. The number of fused-ring (bicyclic) bond motifs is 2. The van der Waals surface area contributed by atoms with Crippen LogP contribution >= 0.6 is 0 Å². The van der Waals surface area contributed by atoms with Gasteiger partial charge in [0.05, 0.1) is 0 Å². The molecule has 1 saturated heterocycles. The quantitative estimate of drug-likeness (QED) is 0.659. The van der Waals surface area contributed by atoms with Crippen LogP contribution in [0, 0.1) is 0 Å². The lowest BCUT2D eigenvalue weighted by Crippen LogP contribution is -2.32. The second kappa shape index (κ2) is 8.29. The predicted molar refractivity (Wildman–Crippen MR) is 112 cm³/mol. The zero-order chi connectivity index (χ0) is 21.2. The van der Waals surface area contributed by atoms with Gasteiger partial charge in [-0.15, -0.1) is 5.10 Å². The molecule has 10 nitrogen and oxygen atoms in total. The Labute approximate surface area is 178 Å². The van der Waals surface area contributed by atoms with Crippen molar-refractivity contribution < 1.29 is 14.3 Å². The molecule has 0 radical (unpaired) electrons. The molecular formula is C21H24N6O4. The van der Waals surface area contributed by atoms with Crippen LogP contribution in [0.4, 0.5) is 5.82 Å². The number of amides is 1. The molecule has 1 aromatic carbocycles. The molecule has 2 aliphatic rings. The van der Waals surface area contributed by atoms with Crippen LogP contribution in [0.1, 0.15) is 31.2 Å². The fraction of sp³-hybridized carbons (Fsp3) is 0.429. The Morgan fingerprint density at radius 1 is 1.10 bits per heavy atom. The maximum absolute atomic E-state index is 12.8. The van der Waals surface area contributed by atoms with E-state index in [-0.39, 0.29) is 24.9 Å². The summed E-state index contributed by atoms with van der Waals surface area (Å²) in [6.07, 6.45) is 7.79. The van der Waals surface area contributed by atoms with Crippen molar-refractivity contribution >= 4 is 17.4 Å². The second-order valence-electron chi connectivity index (χ2n) is 7.75. The molecule has 162 valence electrons. The van der Waals surface area contributed by atoms with Gasteiger partial charge in [-0.1, -0.05) is 18.9 Å². The van der Waals surface area contributed by atoms with Crippen LogP contribution in [0.2, 0.25) is 0 Å². The van der Waals surface area contributed by atoms with Crippen LogP contribution in [0.15, 0.2) is 35.4 Å². The number of hydrogen-bond donors (Lipinski definition) is 1. The molecule has 3 aromatic rings. The molecule has 2 aliphatic heterocycles. The molecule has 0 bridgehead atoms. The third-order valence-electron chi connectivity index (χ3n) is 5.61. The first kappa shape index (κ1) is 19.4. The number of ether oxygens (including phenoxy) is 2. The van der Waals surface area contributed by atoms with E-state index in [2.05, 4.69) is 20.3 Å². The maximum Gasteiger partial charge on any atom is 0.350 e. The van der Waals surface area contributed by atoms with Gasteiger partial charge in [0.2, 0.25) is 18.3 Å². The smallest absolute Gasteiger partial charge is 0.350 e. The van der Waals surface area contributed by atoms with Crippen molar-refractivity contribution in [2.45, 2.75) is 38.8 Å². The lowest BCUT2D eigenvalue weighted by molar-refractivity contribution is -0.122. The molecule has 0 saturated carbocycles. The summed E-state index contributed by atoms with van der Waals surface area (Å²) in [6.45, 7) is 2.15. The number of aromatic nitrogens is 4. The summed E-state index contributed by atoms with van der Waals surface area (Å²) in [4.78, 5) is 31.9. The highest BCUT2D eigenvalue weighted by Crippen LogP contribution is 2.32. The Balaban J connectivity index is 1.30. The lowest BCUT2D eigenvalue weighted by Gasteiger charge is -2.20. The Hall–Kier alpha value is -3.56. The minimum atomic E-state index is -0.355. The van der Waals surface area contributed by atoms with Crippen LogP contribution in [-0.4, -0.2) is 45.0 Å². The zero-order valence-electron chi connectivity index (χ0n) is 17.1. The SMILES string of the molecule is O=C(Cn1nc2c(N3CCCCCC3)nccn2c1=O)NCc1ccc2c(c1)OCO2. The first-order valence-corrected chi connectivity index (χ1v) is 10.5.